The van der Waals surface area contributed by atoms with E-state index in [2.05, 4.69) is 6.92 Å². The summed E-state index contributed by atoms with van der Waals surface area (Å²) in [5.74, 6) is 1.95. The number of rotatable bonds is 4. The number of benzene rings is 1. The zero-order valence-corrected chi connectivity index (χ0v) is 12.5. The molecule has 1 aliphatic heterocycles. The van der Waals surface area contributed by atoms with Crippen molar-refractivity contribution < 1.29 is 14.2 Å². The second-order valence-corrected chi connectivity index (χ2v) is 5.39. The van der Waals surface area contributed by atoms with Gasteiger partial charge in [0.15, 0.2) is 11.5 Å². The predicted octanol–water partition coefficient (Wildman–Crippen LogP) is 3.72. The zero-order valence-electron chi connectivity index (χ0n) is 11.7. The minimum atomic E-state index is 0.00343. The summed E-state index contributed by atoms with van der Waals surface area (Å²) in [7, 11) is 3.29. The fourth-order valence-corrected chi connectivity index (χ4v) is 3.04. The van der Waals surface area contributed by atoms with E-state index in [0.717, 1.165) is 48.7 Å². The third kappa shape index (κ3) is 3.15. The highest BCUT2D eigenvalue weighted by atomic mass is 35.5. The fraction of sp³-hybridized carbons (Fsp3) is 0.600. The van der Waals surface area contributed by atoms with Crippen LogP contribution in [0, 0.1) is 12.8 Å². The van der Waals surface area contributed by atoms with Gasteiger partial charge in [-0.2, -0.15) is 0 Å². The van der Waals surface area contributed by atoms with Crippen LogP contribution in [-0.2, 0) is 4.74 Å². The Kier molecular flexibility index (Phi) is 4.94. The molecule has 4 heteroatoms. The number of methoxy groups -OCH3 is 2. The van der Waals surface area contributed by atoms with Gasteiger partial charge in [-0.05, 0) is 48.9 Å². The van der Waals surface area contributed by atoms with Crippen LogP contribution in [0.2, 0.25) is 0 Å². The van der Waals surface area contributed by atoms with E-state index in [0.29, 0.717) is 5.92 Å². The molecule has 1 atom stereocenters. The van der Waals surface area contributed by atoms with Crippen LogP contribution in [0.1, 0.15) is 29.3 Å². The van der Waals surface area contributed by atoms with Crippen LogP contribution < -0.4 is 9.47 Å². The minimum Gasteiger partial charge on any atom is -0.493 e. The standard InChI is InChI=1S/C15H21ClO3/c1-10-8-13(17-2)14(18-3)9-12(10)15(16)11-4-6-19-7-5-11/h8-9,11,15H,4-7H2,1-3H3. The topological polar surface area (TPSA) is 27.7 Å². The Morgan fingerprint density at radius 3 is 2.32 bits per heavy atom. The van der Waals surface area contributed by atoms with E-state index in [1.165, 1.54) is 0 Å². The molecule has 1 aromatic carbocycles. The molecular weight excluding hydrogens is 264 g/mol. The molecule has 0 amide bonds. The Bertz CT molecular complexity index is 428. The largest absolute Gasteiger partial charge is 0.493 e. The van der Waals surface area contributed by atoms with Crippen molar-refractivity contribution in [2.75, 3.05) is 27.4 Å². The lowest BCUT2D eigenvalue weighted by atomic mass is 9.89. The van der Waals surface area contributed by atoms with Crippen molar-refractivity contribution in [3.8, 4) is 11.5 Å². The van der Waals surface area contributed by atoms with Crippen molar-refractivity contribution in [1.82, 2.24) is 0 Å². The summed E-state index contributed by atoms with van der Waals surface area (Å²) in [5, 5.41) is 0.00343. The predicted molar refractivity (Wildman–Crippen MR) is 76.4 cm³/mol. The lowest BCUT2D eigenvalue weighted by Gasteiger charge is -2.28. The molecule has 0 N–H and O–H groups in total. The normalized spacial score (nSPS) is 18.1. The number of hydrogen-bond acceptors (Lipinski definition) is 3. The van der Waals surface area contributed by atoms with Gasteiger partial charge in [0.2, 0.25) is 0 Å². The van der Waals surface area contributed by atoms with E-state index >= 15 is 0 Å². The maximum absolute atomic E-state index is 6.66. The maximum Gasteiger partial charge on any atom is 0.161 e. The van der Waals surface area contributed by atoms with E-state index in [1.807, 2.05) is 12.1 Å². The van der Waals surface area contributed by atoms with Gasteiger partial charge in [0.05, 0.1) is 19.6 Å². The average molecular weight is 285 g/mol. The van der Waals surface area contributed by atoms with Crippen molar-refractivity contribution in [2.45, 2.75) is 25.1 Å². The lowest BCUT2D eigenvalue weighted by Crippen LogP contribution is -2.20. The highest BCUT2D eigenvalue weighted by Gasteiger charge is 2.25. The van der Waals surface area contributed by atoms with Crippen LogP contribution in [0.4, 0.5) is 0 Å². The van der Waals surface area contributed by atoms with Gasteiger partial charge in [0, 0.05) is 13.2 Å². The Balaban J connectivity index is 2.27. The van der Waals surface area contributed by atoms with Gasteiger partial charge in [0.25, 0.3) is 0 Å². The average Bonchev–Trinajstić information content (AvgIpc) is 2.47. The van der Waals surface area contributed by atoms with Gasteiger partial charge in [-0.3, -0.25) is 0 Å². The zero-order chi connectivity index (χ0) is 13.8. The number of aryl methyl sites for hydroxylation is 1. The van der Waals surface area contributed by atoms with Crippen molar-refractivity contribution >= 4 is 11.6 Å². The van der Waals surface area contributed by atoms with Crippen LogP contribution in [0.3, 0.4) is 0 Å². The highest BCUT2D eigenvalue weighted by molar-refractivity contribution is 6.21. The van der Waals surface area contributed by atoms with Gasteiger partial charge in [-0.15, -0.1) is 11.6 Å². The molecule has 1 saturated heterocycles. The molecule has 0 saturated carbocycles. The molecule has 1 heterocycles. The summed E-state index contributed by atoms with van der Waals surface area (Å²) >= 11 is 6.66. The lowest BCUT2D eigenvalue weighted by molar-refractivity contribution is 0.0650. The molecule has 0 aromatic heterocycles. The number of alkyl halides is 1. The Morgan fingerprint density at radius 2 is 1.74 bits per heavy atom. The van der Waals surface area contributed by atoms with E-state index < -0.39 is 0 Å². The summed E-state index contributed by atoms with van der Waals surface area (Å²) in [6.45, 7) is 3.67. The van der Waals surface area contributed by atoms with Gasteiger partial charge >= 0.3 is 0 Å². The summed E-state index contributed by atoms with van der Waals surface area (Å²) < 4.78 is 16.1. The second kappa shape index (κ2) is 6.49. The molecule has 106 valence electrons. The number of hydrogen-bond donors (Lipinski definition) is 0. The summed E-state index contributed by atoms with van der Waals surface area (Å²) in [6.07, 6.45) is 2.03. The van der Waals surface area contributed by atoms with Crippen LogP contribution in [0.15, 0.2) is 12.1 Å². The molecule has 0 aliphatic carbocycles. The maximum atomic E-state index is 6.66. The van der Waals surface area contributed by atoms with Crippen LogP contribution in [0.5, 0.6) is 11.5 Å². The molecule has 1 aromatic rings. The van der Waals surface area contributed by atoms with Gasteiger partial charge in [-0.1, -0.05) is 0 Å². The van der Waals surface area contributed by atoms with Gasteiger partial charge in [0.1, 0.15) is 0 Å². The first kappa shape index (κ1) is 14.5. The smallest absolute Gasteiger partial charge is 0.161 e. The third-order valence-corrected chi connectivity index (χ3v) is 4.34. The van der Waals surface area contributed by atoms with E-state index in [4.69, 9.17) is 25.8 Å². The van der Waals surface area contributed by atoms with Crippen molar-refractivity contribution in [1.29, 1.82) is 0 Å². The van der Waals surface area contributed by atoms with Gasteiger partial charge in [-0.25, -0.2) is 0 Å². The first-order valence-electron chi connectivity index (χ1n) is 6.61. The molecule has 1 fully saturated rings. The monoisotopic (exact) mass is 284 g/mol. The van der Waals surface area contributed by atoms with Crippen LogP contribution in [-0.4, -0.2) is 27.4 Å². The van der Waals surface area contributed by atoms with Crippen LogP contribution in [0.25, 0.3) is 0 Å². The van der Waals surface area contributed by atoms with E-state index in [1.54, 1.807) is 14.2 Å². The first-order valence-corrected chi connectivity index (χ1v) is 7.05. The Hall–Kier alpha value is -0.930. The summed E-state index contributed by atoms with van der Waals surface area (Å²) in [4.78, 5) is 0. The SMILES string of the molecule is COc1cc(C)c(C(Cl)C2CCOCC2)cc1OC. The summed E-state index contributed by atoms with van der Waals surface area (Å²) in [5.41, 5.74) is 2.27. The molecular formula is C15H21ClO3. The van der Waals surface area contributed by atoms with Gasteiger partial charge < -0.3 is 14.2 Å². The molecule has 1 aliphatic rings. The fourth-order valence-electron chi connectivity index (χ4n) is 2.56. The third-order valence-electron chi connectivity index (χ3n) is 3.75. The molecule has 19 heavy (non-hydrogen) atoms. The van der Waals surface area contributed by atoms with E-state index in [9.17, 15) is 0 Å². The van der Waals surface area contributed by atoms with Crippen molar-refractivity contribution in [2.24, 2.45) is 5.92 Å². The Labute approximate surface area is 119 Å². The van der Waals surface area contributed by atoms with Crippen molar-refractivity contribution in [3.63, 3.8) is 0 Å². The molecule has 0 radical (unpaired) electrons. The number of halogens is 1. The van der Waals surface area contributed by atoms with Crippen molar-refractivity contribution in [3.05, 3.63) is 23.3 Å². The molecule has 2 rings (SSSR count). The molecule has 3 nitrogen and oxygen atoms in total. The van der Waals surface area contributed by atoms with E-state index in [-0.39, 0.29) is 5.38 Å². The number of ether oxygens (including phenoxy) is 3. The van der Waals surface area contributed by atoms with Crippen LogP contribution >= 0.6 is 11.6 Å². The Morgan fingerprint density at radius 1 is 1.16 bits per heavy atom. The summed E-state index contributed by atoms with van der Waals surface area (Å²) in [6, 6.07) is 3.99. The molecule has 0 bridgehead atoms. The molecule has 1 unspecified atom stereocenters. The quantitative estimate of drug-likeness (QED) is 0.789. The highest BCUT2D eigenvalue weighted by Crippen LogP contribution is 2.40. The second-order valence-electron chi connectivity index (χ2n) is 4.92. The minimum absolute atomic E-state index is 0.00343. The molecule has 0 spiro atoms. The first-order chi connectivity index (χ1) is 9.17.